The van der Waals surface area contributed by atoms with Crippen molar-refractivity contribution in [2.45, 2.75) is 13.0 Å². The number of nitrogens with one attached hydrogen (secondary N) is 1. The summed E-state index contributed by atoms with van der Waals surface area (Å²) in [6, 6.07) is 4.37. The molecule has 0 fully saturated rings. The molecule has 0 aliphatic rings. The molecule has 1 aromatic rings. The molecule has 0 saturated heterocycles. The third kappa shape index (κ3) is 5.19. The van der Waals surface area contributed by atoms with Gasteiger partial charge in [-0.2, -0.15) is 0 Å². The molecule has 0 aliphatic carbocycles. The van der Waals surface area contributed by atoms with Crippen LogP contribution in [-0.4, -0.2) is 55.3 Å². The molecule has 0 unspecified atom stereocenters. The molecular formula is C14H19Cl2N3O2. The summed E-state index contributed by atoms with van der Waals surface area (Å²) in [5, 5.41) is 3.59. The van der Waals surface area contributed by atoms with Crippen LogP contribution in [0.2, 0.25) is 10.0 Å². The van der Waals surface area contributed by atoms with E-state index in [0.717, 1.165) is 0 Å². The molecule has 7 heteroatoms. The Morgan fingerprint density at radius 1 is 1.24 bits per heavy atom. The first-order valence-electron chi connectivity index (χ1n) is 6.38. The molecule has 0 aliphatic heterocycles. The first kappa shape index (κ1) is 17.8. The van der Waals surface area contributed by atoms with E-state index < -0.39 is 6.04 Å². The van der Waals surface area contributed by atoms with E-state index in [9.17, 15) is 9.59 Å². The molecule has 1 aromatic carbocycles. The second-order valence-corrected chi connectivity index (χ2v) is 5.84. The zero-order valence-corrected chi connectivity index (χ0v) is 14.0. The normalized spacial score (nSPS) is 12.1. The Morgan fingerprint density at radius 3 is 2.38 bits per heavy atom. The average Bonchev–Trinajstić information content (AvgIpc) is 2.40. The molecule has 0 bridgehead atoms. The van der Waals surface area contributed by atoms with Gasteiger partial charge in [0.1, 0.15) is 0 Å². The lowest BCUT2D eigenvalue weighted by molar-refractivity contribution is -0.131. The summed E-state index contributed by atoms with van der Waals surface area (Å²) < 4.78 is 0. The lowest BCUT2D eigenvalue weighted by Crippen LogP contribution is -2.44. The van der Waals surface area contributed by atoms with E-state index >= 15 is 0 Å². The summed E-state index contributed by atoms with van der Waals surface area (Å²) >= 11 is 11.8. The number of anilines is 1. The van der Waals surface area contributed by atoms with E-state index in [2.05, 4.69) is 5.32 Å². The Kier molecular flexibility index (Phi) is 6.45. The number of halogens is 2. The highest BCUT2D eigenvalue weighted by Gasteiger charge is 2.21. The number of hydrogen-bond acceptors (Lipinski definition) is 3. The topological polar surface area (TPSA) is 52.7 Å². The predicted octanol–water partition coefficient (Wildman–Crippen LogP) is 2.34. The van der Waals surface area contributed by atoms with Gasteiger partial charge in [0.05, 0.1) is 23.3 Å². The third-order valence-corrected chi connectivity index (χ3v) is 3.66. The van der Waals surface area contributed by atoms with Crippen LogP contribution in [0.25, 0.3) is 0 Å². The van der Waals surface area contributed by atoms with Crippen molar-refractivity contribution < 1.29 is 9.59 Å². The summed E-state index contributed by atoms with van der Waals surface area (Å²) in [6.07, 6.45) is 0. The Morgan fingerprint density at radius 2 is 1.86 bits per heavy atom. The highest BCUT2D eigenvalue weighted by Crippen LogP contribution is 2.25. The van der Waals surface area contributed by atoms with Gasteiger partial charge in [0, 0.05) is 19.1 Å². The number of benzene rings is 1. The van der Waals surface area contributed by atoms with Crippen molar-refractivity contribution >= 4 is 40.7 Å². The molecule has 0 aromatic heterocycles. The molecular weight excluding hydrogens is 313 g/mol. The fourth-order valence-corrected chi connectivity index (χ4v) is 1.98. The number of carbonyl (C=O) groups is 2. The molecule has 0 spiro atoms. The van der Waals surface area contributed by atoms with Gasteiger partial charge in [-0.3, -0.25) is 14.5 Å². The lowest BCUT2D eigenvalue weighted by Gasteiger charge is -2.24. The smallest absolute Gasteiger partial charge is 0.241 e. The quantitative estimate of drug-likeness (QED) is 0.900. The Hall–Kier alpha value is -1.30. The average molecular weight is 332 g/mol. The Bertz CT molecular complexity index is 535. The fraction of sp³-hybridized carbons (Fsp3) is 0.429. The highest BCUT2D eigenvalue weighted by atomic mass is 35.5. The van der Waals surface area contributed by atoms with Crippen LogP contribution < -0.4 is 5.32 Å². The van der Waals surface area contributed by atoms with Gasteiger partial charge in [-0.25, -0.2) is 0 Å². The van der Waals surface area contributed by atoms with Gasteiger partial charge in [0.15, 0.2) is 0 Å². The minimum Gasteiger partial charge on any atom is -0.348 e. The highest BCUT2D eigenvalue weighted by molar-refractivity contribution is 6.36. The molecule has 1 N–H and O–H groups in total. The summed E-state index contributed by atoms with van der Waals surface area (Å²) in [4.78, 5) is 27.0. The number of amides is 2. The maximum atomic E-state index is 12.2. The van der Waals surface area contributed by atoms with Crippen molar-refractivity contribution in [3.05, 3.63) is 28.2 Å². The van der Waals surface area contributed by atoms with Gasteiger partial charge in [-0.15, -0.1) is 0 Å². The molecule has 0 saturated carbocycles. The maximum absolute atomic E-state index is 12.2. The summed E-state index contributed by atoms with van der Waals surface area (Å²) in [5.74, 6) is -0.310. The molecule has 2 amide bonds. The van der Waals surface area contributed by atoms with Crippen molar-refractivity contribution in [3.8, 4) is 0 Å². The monoisotopic (exact) mass is 331 g/mol. The van der Waals surface area contributed by atoms with Crippen LogP contribution in [0.5, 0.6) is 0 Å². The summed E-state index contributed by atoms with van der Waals surface area (Å²) in [5.41, 5.74) is 0.491. The standard InChI is InChI=1S/C14H19Cl2N3O2/c1-9(19(4)8-13(20)18(2)3)14(21)17-12-6-5-10(15)7-11(12)16/h5-7,9H,8H2,1-4H3,(H,17,21)/t9-/m1/s1. The van der Waals surface area contributed by atoms with E-state index in [1.807, 2.05) is 0 Å². The lowest BCUT2D eigenvalue weighted by atomic mass is 10.2. The van der Waals surface area contributed by atoms with Crippen LogP contribution in [0.1, 0.15) is 6.92 Å². The van der Waals surface area contributed by atoms with E-state index in [4.69, 9.17) is 23.2 Å². The fourth-order valence-electron chi connectivity index (χ4n) is 1.52. The van der Waals surface area contributed by atoms with E-state index in [1.165, 1.54) is 4.90 Å². The molecule has 1 rings (SSSR count). The summed E-state index contributed by atoms with van der Waals surface area (Å²) in [7, 11) is 5.07. The first-order chi connectivity index (χ1) is 9.72. The number of likely N-dealkylation sites (N-methyl/N-ethyl adjacent to an activating group) is 2. The van der Waals surface area contributed by atoms with Crippen molar-refractivity contribution in [2.24, 2.45) is 0 Å². The molecule has 5 nitrogen and oxygen atoms in total. The van der Waals surface area contributed by atoms with Gasteiger partial charge in [0.2, 0.25) is 11.8 Å². The van der Waals surface area contributed by atoms with Crippen molar-refractivity contribution in [3.63, 3.8) is 0 Å². The molecule has 1 atom stereocenters. The Balaban J connectivity index is 2.68. The maximum Gasteiger partial charge on any atom is 0.241 e. The minimum absolute atomic E-state index is 0.0679. The van der Waals surface area contributed by atoms with Crippen molar-refractivity contribution in [1.29, 1.82) is 0 Å². The number of nitrogens with zero attached hydrogens (tertiary/aromatic N) is 2. The Labute approximate surface area is 134 Å². The van der Waals surface area contributed by atoms with Crippen LogP contribution in [0.15, 0.2) is 18.2 Å². The molecule has 116 valence electrons. The molecule has 0 heterocycles. The minimum atomic E-state index is -0.472. The van der Waals surface area contributed by atoms with Gasteiger partial charge in [0.25, 0.3) is 0 Å². The van der Waals surface area contributed by atoms with Crippen LogP contribution in [0.4, 0.5) is 5.69 Å². The van der Waals surface area contributed by atoms with Gasteiger partial charge in [-0.05, 0) is 32.2 Å². The van der Waals surface area contributed by atoms with E-state index in [0.29, 0.717) is 15.7 Å². The third-order valence-electron chi connectivity index (χ3n) is 3.11. The van der Waals surface area contributed by atoms with Crippen molar-refractivity contribution in [2.75, 3.05) is 33.0 Å². The molecule has 21 heavy (non-hydrogen) atoms. The number of rotatable bonds is 5. The second kappa shape index (κ2) is 7.64. The van der Waals surface area contributed by atoms with Gasteiger partial charge in [-0.1, -0.05) is 23.2 Å². The van der Waals surface area contributed by atoms with Crippen LogP contribution in [0.3, 0.4) is 0 Å². The van der Waals surface area contributed by atoms with Gasteiger partial charge >= 0.3 is 0 Å². The summed E-state index contributed by atoms with van der Waals surface area (Å²) in [6.45, 7) is 1.89. The van der Waals surface area contributed by atoms with Crippen LogP contribution >= 0.6 is 23.2 Å². The largest absolute Gasteiger partial charge is 0.348 e. The van der Waals surface area contributed by atoms with Gasteiger partial charge < -0.3 is 10.2 Å². The van der Waals surface area contributed by atoms with Crippen LogP contribution in [0, 0.1) is 0 Å². The number of carbonyl (C=O) groups excluding carboxylic acids is 2. The number of hydrogen-bond donors (Lipinski definition) is 1. The van der Waals surface area contributed by atoms with Crippen LogP contribution in [-0.2, 0) is 9.59 Å². The SMILES string of the molecule is C[C@H](C(=O)Nc1ccc(Cl)cc1Cl)N(C)CC(=O)N(C)C. The first-order valence-corrected chi connectivity index (χ1v) is 7.14. The zero-order chi connectivity index (χ0) is 16.2. The zero-order valence-electron chi connectivity index (χ0n) is 12.5. The van der Waals surface area contributed by atoms with Crippen molar-refractivity contribution in [1.82, 2.24) is 9.80 Å². The predicted molar refractivity (Wildman–Crippen MR) is 85.9 cm³/mol. The van der Waals surface area contributed by atoms with E-state index in [-0.39, 0.29) is 18.4 Å². The molecule has 0 radical (unpaired) electrons. The van der Waals surface area contributed by atoms with E-state index in [1.54, 1.807) is 51.2 Å². The second-order valence-electron chi connectivity index (χ2n) is 4.99.